The first-order valence-corrected chi connectivity index (χ1v) is 5.19. The molecule has 0 atom stereocenters. The SMILES string of the molecule is OCC(CO)CCc1cnc2cncnn12. The van der Waals surface area contributed by atoms with Gasteiger partial charge in [-0.1, -0.05) is 0 Å². The molecule has 2 rings (SSSR count). The van der Waals surface area contributed by atoms with Crippen molar-refractivity contribution in [1.82, 2.24) is 19.6 Å². The van der Waals surface area contributed by atoms with Crippen LogP contribution in [0.5, 0.6) is 0 Å². The molecule has 2 N–H and O–H groups in total. The summed E-state index contributed by atoms with van der Waals surface area (Å²) in [5, 5.41) is 22.0. The smallest absolute Gasteiger partial charge is 0.172 e. The van der Waals surface area contributed by atoms with Gasteiger partial charge in [0.2, 0.25) is 0 Å². The standard InChI is InChI=1S/C10H14N4O2/c15-5-8(6-16)1-2-9-3-12-10-4-11-7-13-14(9)10/h3-4,7-8,15-16H,1-2,5-6H2. The quantitative estimate of drug-likeness (QED) is 0.723. The lowest BCUT2D eigenvalue weighted by Crippen LogP contribution is -2.12. The summed E-state index contributed by atoms with van der Waals surface area (Å²) in [5.41, 5.74) is 1.67. The van der Waals surface area contributed by atoms with E-state index in [1.54, 1.807) is 16.9 Å². The summed E-state index contributed by atoms with van der Waals surface area (Å²) in [7, 11) is 0. The molecule has 6 nitrogen and oxygen atoms in total. The largest absolute Gasteiger partial charge is 0.396 e. The molecule has 0 amide bonds. The molecule has 0 fully saturated rings. The van der Waals surface area contributed by atoms with Gasteiger partial charge in [-0.25, -0.2) is 14.5 Å². The van der Waals surface area contributed by atoms with Gasteiger partial charge in [0.15, 0.2) is 5.65 Å². The van der Waals surface area contributed by atoms with Gasteiger partial charge >= 0.3 is 0 Å². The van der Waals surface area contributed by atoms with Gasteiger partial charge in [0.05, 0.1) is 18.1 Å². The highest BCUT2D eigenvalue weighted by Gasteiger charge is 2.09. The first-order chi connectivity index (χ1) is 7.85. The predicted octanol–water partition coefficient (Wildman–Crippen LogP) is -0.342. The van der Waals surface area contributed by atoms with Gasteiger partial charge in [-0.15, -0.1) is 0 Å². The fourth-order valence-electron chi connectivity index (χ4n) is 1.56. The van der Waals surface area contributed by atoms with E-state index in [9.17, 15) is 0 Å². The highest BCUT2D eigenvalue weighted by atomic mass is 16.3. The number of nitrogens with zero attached hydrogens (tertiary/aromatic N) is 4. The number of hydrogen-bond acceptors (Lipinski definition) is 5. The van der Waals surface area contributed by atoms with E-state index in [1.807, 2.05) is 0 Å². The molecule has 0 aliphatic heterocycles. The van der Waals surface area contributed by atoms with Crippen LogP contribution in [0.25, 0.3) is 5.65 Å². The molecule has 0 saturated heterocycles. The van der Waals surface area contributed by atoms with Gasteiger partial charge in [0.25, 0.3) is 0 Å². The van der Waals surface area contributed by atoms with E-state index in [1.165, 1.54) is 6.33 Å². The zero-order valence-corrected chi connectivity index (χ0v) is 8.82. The van der Waals surface area contributed by atoms with Crippen LogP contribution in [0, 0.1) is 5.92 Å². The Balaban J connectivity index is 2.09. The first kappa shape index (κ1) is 11.0. The van der Waals surface area contributed by atoms with E-state index in [0.717, 1.165) is 12.1 Å². The van der Waals surface area contributed by atoms with Crippen LogP contribution in [-0.2, 0) is 6.42 Å². The summed E-state index contributed by atoms with van der Waals surface area (Å²) in [5.74, 6) is -0.0765. The van der Waals surface area contributed by atoms with Crippen molar-refractivity contribution < 1.29 is 10.2 Å². The highest BCUT2D eigenvalue weighted by molar-refractivity contribution is 5.34. The molecule has 0 spiro atoms. The molecule has 0 saturated carbocycles. The van der Waals surface area contributed by atoms with Crippen LogP contribution in [-0.4, -0.2) is 43.0 Å². The third kappa shape index (κ3) is 2.17. The number of imidazole rings is 1. The van der Waals surface area contributed by atoms with Crippen LogP contribution in [0.1, 0.15) is 12.1 Å². The molecule has 2 aromatic rings. The second-order valence-corrected chi connectivity index (χ2v) is 3.70. The van der Waals surface area contributed by atoms with Gasteiger partial charge in [0, 0.05) is 19.1 Å². The summed E-state index contributed by atoms with van der Waals surface area (Å²) in [6, 6.07) is 0. The van der Waals surface area contributed by atoms with Crippen molar-refractivity contribution in [3.63, 3.8) is 0 Å². The molecule has 2 aromatic heterocycles. The molecule has 0 unspecified atom stereocenters. The van der Waals surface area contributed by atoms with Crippen LogP contribution in [0.2, 0.25) is 0 Å². The summed E-state index contributed by atoms with van der Waals surface area (Å²) in [4.78, 5) is 8.04. The fraction of sp³-hybridized carbons (Fsp3) is 0.500. The Bertz CT molecular complexity index is 453. The highest BCUT2D eigenvalue weighted by Crippen LogP contribution is 2.10. The van der Waals surface area contributed by atoms with Crippen LogP contribution >= 0.6 is 0 Å². The zero-order chi connectivity index (χ0) is 11.4. The third-order valence-electron chi connectivity index (χ3n) is 2.58. The van der Waals surface area contributed by atoms with Crippen molar-refractivity contribution in [2.45, 2.75) is 12.8 Å². The van der Waals surface area contributed by atoms with Gasteiger partial charge in [0.1, 0.15) is 6.33 Å². The Morgan fingerprint density at radius 1 is 1.25 bits per heavy atom. The molecule has 0 bridgehead atoms. The summed E-state index contributed by atoms with van der Waals surface area (Å²) >= 11 is 0. The maximum atomic E-state index is 8.96. The number of aromatic nitrogens is 4. The second-order valence-electron chi connectivity index (χ2n) is 3.70. The van der Waals surface area contributed by atoms with E-state index >= 15 is 0 Å². The van der Waals surface area contributed by atoms with Crippen molar-refractivity contribution in [2.75, 3.05) is 13.2 Å². The number of fused-ring (bicyclic) bond motifs is 1. The van der Waals surface area contributed by atoms with E-state index in [4.69, 9.17) is 10.2 Å². The molecule has 0 aliphatic carbocycles. The van der Waals surface area contributed by atoms with Crippen LogP contribution in [0.3, 0.4) is 0 Å². The predicted molar refractivity (Wildman–Crippen MR) is 56.8 cm³/mol. The van der Waals surface area contributed by atoms with Crippen molar-refractivity contribution in [3.8, 4) is 0 Å². The lowest BCUT2D eigenvalue weighted by Gasteiger charge is -2.09. The van der Waals surface area contributed by atoms with Crippen molar-refractivity contribution in [1.29, 1.82) is 0 Å². The molecular weight excluding hydrogens is 208 g/mol. The molecule has 16 heavy (non-hydrogen) atoms. The summed E-state index contributed by atoms with van der Waals surface area (Å²) in [6.45, 7) is 0.00441. The molecule has 0 radical (unpaired) electrons. The van der Waals surface area contributed by atoms with Crippen LogP contribution in [0.15, 0.2) is 18.7 Å². The third-order valence-corrected chi connectivity index (χ3v) is 2.58. The maximum absolute atomic E-state index is 8.96. The van der Waals surface area contributed by atoms with Crippen LogP contribution < -0.4 is 0 Å². The molecule has 0 aromatic carbocycles. The van der Waals surface area contributed by atoms with Gasteiger partial charge in [-0.05, 0) is 12.8 Å². The molecule has 2 heterocycles. The minimum absolute atomic E-state index is 0.00220. The van der Waals surface area contributed by atoms with E-state index in [0.29, 0.717) is 12.1 Å². The molecule has 6 heteroatoms. The lowest BCUT2D eigenvalue weighted by molar-refractivity contribution is 0.144. The van der Waals surface area contributed by atoms with E-state index in [-0.39, 0.29) is 19.1 Å². The number of rotatable bonds is 5. The van der Waals surface area contributed by atoms with Crippen LogP contribution in [0.4, 0.5) is 0 Å². The maximum Gasteiger partial charge on any atom is 0.172 e. The Kier molecular flexibility index (Phi) is 3.43. The summed E-state index contributed by atoms with van der Waals surface area (Å²) in [6.07, 6.45) is 6.30. The van der Waals surface area contributed by atoms with Crippen molar-refractivity contribution >= 4 is 5.65 Å². The average Bonchev–Trinajstić information content (AvgIpc) is 2.74. The van der Waals surface area contributed by atoms with Gasteiger partial charge < -0.3 is 10.2 Å². The number of aryl methyl sites for hydroxylation is 1. The monoisotopic (exact) mass is 222 g/mol. The number of aliphatic hydroxyl groups excluding tert-OH is 2. The molecular formula is C10H14N4O2. The zero-order valence-electron chi connectivity index (χ0n) is 8.82. The Morgan fingerprint density at radius 3 is 2.81 bits per heavy atom. The van der Waals surface area contributed by atoms with Gasteiger partial charge in [-0.2, -0.15) is 5.10 Å². The minimum atomic E-state index is -0.0765. The van der Waals surface area contributed by atoms with Crippen molar-refractivity contribution in [3.05, 3.63) is 24.4 Å². The topological polar surface area (TPSA) is 83.5 Å². The second kappa shape index (κ2) is 5.00. The average molecular weight is 222 g/mol. The Hall–Kier alpha value is -1.53. The summed E-state index contributed by atoms with van der Waals surface area (Å²) < 4.78 is 1.72. The number of hydrogen-bond donors (Lipinski definition) is 2. The van der Waals surface area contributed by atoms with Gasteiger partial charge in [-0.3, -0.25) is 0 Å². The Labute approximate surface area is 92.6 Å². The van der Waals surface area contributed by atoms with E-state index in [2.05, 4.69) is 15.1 Å². The Morgan fingerprint density at radius 2 is 2.06 bits per heavy atom. The van der Waals surface area contributed by atoms with E-state index < -0.39 is 0 Å². The normalized spacial score (nSPS) is 11.4. The minimum Gasteiger partial charge on any atom is -0.396 e. The number of aliphatic hydroxyl groups is 2. The molecule has 0 aliphatic rings. The van der Waals surface area contributed by atoms with Crippen molar-refractivity contribution in [2.24, 2.45) is 5.92 Å². The first-order valence-electron chi connectivity index (χ1n) is 5.19. The lowest BCUT2D eigenvalue weighted by atomic mass is 10.0. The molecule has 86 valence electrons. The fourth-order valence-corrected chi connectivity index (χ4v) is 1.56.